The van der Waals surface area contributed by atoms with Gasteiger partial charge in [0.15, 0.2) is 0 Å². The smallest absolute Gasteiger partial charge is 0.345 e. The predicted molar refractivity (Wildman–Crippen MR) is 73.2 cm³/mol. The van der Waals surface area contributed by atoms with Gasteiger partial charge in [-0.2, -0.15) is 0 Å². The van der Waals surface area contributed by atoms with Crippen molar-refractivity contribution >= 4 is 28.9 Å². The number of carbonyl (C=O) groups is 1. The molecule has 1 aromatic heterocycles. The highest BCUT2D eigenvalue weighted by molar-refractivity contribution is 7.13. The van der Waals surface area contributed by atoms with Gasteiger partial charge in [-0.15, -0.1) is 11.3 Å². The zero-order chi connectivity index (χ0) is 13.8. The first-order chi connectivity index (χ1) is 9.06. The highest BCUT2D eigenvalue weighted by Crippen LogP contribution is 2.18. The monoisotopic (exact) mass is 299 g/mol. The Morgan fingerprint density at radius 1 is 1.32 bits per heavy atom. The lowest BCUT2D eigenvalue weighted by Gasteiger charge is -2.04. The zero-order valence-corrected chi connectivity index (χ0v) is 11.4. The molecule has 0 amide bonds. The average molecular weight is 300 g/mol. The van der Waals surface area contributed by atoms with Gasteiger partial charge in [0.05, 0.1) is 5.02 Å². The SMILES string of the molecule is O=C(O)c1ccc(CNCc2ccc(F)c(Cl)c2)s1. The van der Waals surface area contributed by atoms with Gasteiger partial charge in [-0.1, -0.05) is 17.7 Å². The van der Waals surface area contributed by atoms with Crippen molar-refractivity contribution in [2.75, 3.05) is 0 Å². The van der Waals surface area contributed by atoms with E-state index in [1.165, 1.54) is 17.4 Å². The average Bonchev–Trinajstić information content (AvgIpc) is 2.83. The van der Waals surface area contributed by atoms with Gasteiger partial charge in [0.25, 0.3) is 0 Å². The maximum absolute atomic E-state index is 13.0. The van der Waals surface area contributed by atoms with Crippen LogP contribution in [0.15, 0.2) is 30.3 Å². The van der Waals surface area contributed by atoms with E-state index in [-0.39, 0.29) is 5.02 Å². The maximum Gasteiger partial charge on any atom is 0.345 e. The van der Waals surface area contributed by atoms with E-state index in [4.69, 9.17) is 16.7 Å². The molecule has 1 aromatic carbocycles. The van der Waals surface area contributed by atoms with Crippen molar-refractivity contribution in [1.82, 2.24) is 5.32 Å². The van der Waals surface area contributed by atoms with Crippen molar-refractivity contribution in [3.63, 3.8) is 0 Å². The molecule has 0 aliphatic carbocycles. The van der Waals surface area contributed by atoms with Gasteiger partial charge in [-0.05, 0) is 29.8 Å². The summed E-state index contributed by atoms with van der Waals surface area (Å²) >= 11 is 6.92. The predicted octanol–water partition coefficient (Wildman–Crippen LogP) is 3.53. The molecule has 3 nitrogen and oxygen atoms in total. The van der Waals surface area contributed by atoms with E-state index < -0.39 is 11.8 Å². The van der Waals surface area contributed by atoms with Crippen LogP contribution in [0.4, 0.5) is 4.39 Å². The number of carboxylic acids is 1. The van der Waals surface area contributed by atoms with Crippen LogP contribution in [0.1, 0.15) is 20.1 Å². The highest BCUT2D eigenvalue weighted by atomic mass is 35.5. The van der Waals surface area contributed by atoms with E-state index in [2.05, 4.69) is 5.32 Å². The van der Waals surface area contributed by atoms with E-state index in [1.807, 2.05) is 0 Å². The molecule has 0 atom stereocenters. The number of hydrogen-bond donors (Lipinski definition) is 2. The first kappa shape index (κ1) is 14.0. The second-order valence-electron chi connectivity index (χ2n) is 3.92. The minimum atomic E-state index is -0.915. The minimum absolute atomic E-state index is 0.101. The van der Waals surface area contributed by atoms with Crippen LogP contribution in [-0.2, 0) is 13.1 Å². The molecule has 100 valence electrons. The Morgan fingerprint density at radius 3 is 2.74 bits per heavy atom. The molecule has 1 heterocycles. The number of hydrogen-bond acceptors (Lipinski definition) is 3. The highest BCUT2D eigenvalue weighted by Gasteiger charge is 2.06. The van der Waals surface area contributed by atoms with E-state index in [0.29, 0.717) is 18.0 Å². The second-order valence-corrected chi connectivity index (χ2v) is 5.50. The third kappa shape index (κ3) is 3.76. The summed E-state index contributed by atoms with van der Waals surface area (Å²) in [5.41, 5.74) is 0.876. The number of thiophene rings is 1. The fourth-order valence-corrected chi connectivity index (χ4v) is 2.59. The molecule has 19 heavy (non-hydrogen) atoms. The molecule has 0 unspecified atom stereocenters. The third-order valence-corrected chi connectivity index (χ3v) is 3.85. The summed E-state index contributed by atoms with van der Waals surface area (Å²) in [4.78, 5) is 12.0. The van der Waals surface area contributed by atoms with Crippen molar-refractivity contribution in [1.29, 1.82) is 0 Å². The lowest BCUT2D eigenvalue weighted by Crippen LogP contribution is -2.11. The molecule has 0 saturated carbocycles. The summed E-state index contributed by atoms with van der Waals surface area (Å²) in [6.45, 7) is 1.10. The van der Waals surface area contributed by atoms with Crippen molar-refractivity contribution in [2.24, 2.45) is 0 Å². The maximum atomic E-state index is 13.0. The third-order valence-electron chi connectivity index (χ3n) is 2.48. The van der Waals surface area contributed by atoms with Crippen molar-refractivity contribution < 1.29 is 14.3 Å². The molecule has 2 aromatic rings. The van der Waals surface area contributed by atoms with Gasteiger partial charge in [-0.25, -0.2) is 9.18 Å². The van der Waals surface area contributed by atoms with Crippen molar-refractivity contribution in [3.8, 4) is 0 Å². The standard InChI is InChI=1S/C13H11ClFNO2S/c14-10-5-8(1-3-11(10)15)6-16-7-9-2-4-12(19-9)13(17)18/h1-5,16H,6-7H2,(H,17,18). The Balaban J connectivity index is 1.88. The molecule has 0 spiro atoms. The number of carboxylic acid groups (broad SMARTS) is 1. The first-order valence-electron chi connectivity index (χ1n) is 5.53. The summed E-state index contributed by atoms with van der Waals surface area (Å²) in [7, 11) is 0. The van der Waals surface area contributed by atoms with Crippen LogP contribution in [0, 0.1) is 5.82 Å². The van der Waals surface area contributed by atoms with E-state index in [9.17, 15) is 9.18 Å². The molecular formula is C13H11ClFNO2S. The van der Waals surface area contributed by atoms with E-state index in [1.54, 1.807) is 24.3 Å². The van der Waals surface area contributed by atoms with E-state index >= 15 is 0 Å². The Hall–Kier alpha value is -1.43. The Labute approximate surface area is 118 Å². The van der Waals surface area contributed by atoms with Crippen LogP contribution in [0.3, 0.4) is 0 Å². The van der Waals surface area contributed by atoms with Crippen LogP contribution >= 0.6 is 22.9 Å². The van der Waals surface area contributed by atoms with E-state index in [0.717, 1.165) is 10.4 Å². The molecule has 0 aliphatic heterocycles. The summed E-state index contributed by atoms with van der Waals surface area (Å²) in [5, 5.41) is 12.1. The number of benzene rings is 1. The Kier molecular flexibility index (Phi) is 4.52. The van der Waals surface area contributed by atoms with Crippen LogP contribution in [0.2, 0.25) is 5.02 Å². The van der Waals surface area contributed by atoms with Gasteiger partial charge in [0.1, 0.15) is 10.7 Å². The van der Waals surface area contributed by atoms with Crippen LogP contribution in [0.25, 0.3) is 0 Å². The molecule has 2 N–H and O–H groups in total. The van der Waals surface area contributed by atoms with Crippen LogP contribution in [0.5, 0.6) is 0 Å². The van der Waals surface area contributed by atoms with Gasteiger partial charge >= 0.3 is 5.97 Å². The zero-order valence-electron chi connectivity index (χ0n) is 9.82. The molecule has 0 aliphatic rings. The molecule has 0 bridgehead atoms. The van der Waals surface area contributed by atoms with Crippen LogP contribution < -0.4 is 5.32 Å². The summed E-state index contributed by atoms with van der Waals surface area (Å²) in [5.74, 6) is -1.35. The normalized spacial score (nSPS) is 10.6. The summed E-state index contributed by atoms with van der Waals surface area (Å²) in [6.07, 6.45) is 0. The topological polar surface area (TPSA) is 49.3 Å². The number of aromatic carboxylic acids is 1. The van der Waals surface area contributed by atoms with Crippen molar-refractivity contribution in [2.45, 2.75) is 13.1 Å². The minimum Gasteiger partial charge on any atom is -0.477 e. The molecule has 2 rings (SSSR count). The Morgan fingerprint density at radius 2 is 2.11 bits per heavy atom. The lowest BCUT2D eigenvalue weighted by atomic mass is 10.2. The number of halogens is 2. The van der Waals surface area contributed by atoms with Crippen LogP contribution in [-0.4, -0.2) is 11.1 Å². The lowest BCUT2D eigenvalue weighted by molar-refractivity contribution is 0.0702. The van der Waals surface area contributed by atoms with Crippen molar-refractivity contribution in [3.05, 3.63) is 56.5 Å². The molecule has 0 saturated heterocycles. The molecule has 0 radical (unpaired) electrons. The first-order valence-corrected chi connectivity index (χ1v) is 6.72. The Bertz CT molecular complexity index is 600. The molecule has 6 heteroatoms. The quantitative estimate of drug-likeness (QED) is 0.888. The number of nitrogens with one attached hydrogen (secondary N) is 1. The second kappa shape index (κ2) is 6.14. The van der Waals surface area contributed by atoms with Gasteiger partial charge in [-0.3, -0.25) is 0 Å². The summed E-state index contributed by atoms with van der Waals surface area (Å²) in [6, 6.07) is 7.91. The van der Waals surface area contributed by atoms with Gasteiger partial charge in [0.2, 0.25) is 0 Å². The van der Waals surface area contributed by atoms with Gasteiger partial charge < -0.3 is 10.4 Å². The molecule has 0 fully saturated rings. The fourth-order valence-electron chi connectivity index (χ4n) is 1.57. The summed E-state index contributed by atoms with van der Waals surface area (Å²) < 4.78 is 13.0. The fraction of sp³-hybridized carbons (Fsp3) is 0.154. The number of rotatable bonds is 5. The molecular weight excluding hydrogens is 289 g/mol. The largest absolute Gasteiger partial charge is 0.477 e. The van der Waals surface area contributed by atoms with Gasteiger partial charge in [0, 0.05) is 18.0 Å².